The summed E-state index contributed by atoms with van der Waals surface area (Å²) < 4.78 is 13.5. The zero-order valence-corrected chi connectivity index (χ0v) is 17.4. The fourth-order valence-electron chi connectivity index (χ4n) is 3.35. The van der Waals surface area contributed by atoms with Crippen LogP contribution in [-0.4, -0.2) is 40.2 Å². The maximum Gasteiger partial charge on any atom is 0.241 e. The van der Waals surface area contributed by atoms with Crippen LogP contribution in [0.1, 0.15) is 38.9 Å². The standard InChI is InChI=1S/C22H28N4O3/c1-7-16(8-14(4)28-6)18-10-19-21(26(12-24-19)13(2)3)22(25-18)29-15(5)17-9-20(27)23-11-17/h7-8,10,12-13,15,17H,1,4,9,11H2,2-3,5-6H3,(H,23,27). The molecule has 1 N–H and O–H groups in total. The minimum Gasteiger partial charge on any atom is -0.497 e. The van der Waals surface area contributed by atoms with Crippen molar-refractivity contribution >= 4 is 22.5 Å². The van der Waals surface area contributed by atoms with E-state index in [1.165, 1.54) is 0 Å². The molecule has 0 aromatic carbocycles. The van der Waals surface area contributed by atoms with Crippen molar-refractivity contribution < 1.29 is 14.3 Å². The number of carbonyl (C=O) groups is 1. The number of methoxy groups -OCH3 is 1. The van der Waals surface area contributed by atoms with Gasteiger partial charge >= 0.3 is 0 Å². The zero-order chi connectivity index (χ0) is 21.1. The molecule has 154 valence electrons. The number of nitrogens with one attached hydrogen (secondary N) is 1. The topological polar surface area (TPSA) is 78.3 Å². The number of allylic oxidation sites excluding steroid dienone is 3. The van der Waals surface area contributed by atoms with Crippen molar-refractivity contribution in [2.24, 2.45) is 5.92 Å². The van der Waals surface area contributed by atoms with Crippen LogP contribution in [0.5, 0.6) is 5.88 Å². The van der Waals surface area contributed by atoms with E-state index in [-0.39, 0.29) is 24.0 Å². The lowest BCUT2D eigenvalue weighted by atomic mass is 10.0. The van der Waals surface area contributed by atoms with Gasteiger partial charge in [-0.1, -0.05) is 19.2 Å². The van der Waals surface area contributed by atoms with Crippen LogP contribution in [0.25, 0.3) is 16.6 Å². The molecule has 2 aromatic heterocycles. The minimum absolute atomic E-state index is 0.0551. The molecule has 1 aliphatic rings. The highest BCUT2D eigenvalue weighted by atomic mass is 16.5. The molecule has 2 atom stereocenters. The molecule has 2 unspecified atom stereocenters. The molecule has 0 spiro atoms. The van der Waals surface area contributed by atoms with Crippen LogP contribution in [0.4, 0.5) is 0 Å². The number of amides is 1. The number of carbonyl (C=O) groups excluding carboxylic acids is 1. The highest BCUT2D eigenvalue weighted by Crippen LogP contribution is 2.31. The Balaban J connectivity index is 2.07. The van der Waals surface area contributed by atoms with Crippen LogP contribution in [-0.2, 0) is 9.53 Å². The normalized spacial score (nSPS) is 18.0. The van der Waals surface area contributed by atoms with Gasteiger partial charge in [-0.2, -0.15) is 0 Å². The third-order valence-electron chi connectivity index (χ3n) is 5.14. The van der Waals surface area contributed by atoms with Gasteiger partial charge in [0.05, 0.1) is 24.6 Å². The first-order valence-corrected chi connectivity index (χ1v) is 9.72. The first-order chi connectivity index (χ1) is 13.8. The second-order valence-corrected chi connectivity index (χ2v) is 7.49. The highest BCUT2D eigenvalue weighted by molar-refractivity contribution is 5.86. The molecule has 1 amide bonds. The molecule has 3 rings (SSSR count). The van der Waals surface area contributed by atoms with Crippen LogP contribution in [0.2, 0.25) is 0 Å². The lowest BCUT2D eigenvalue weighted by molar-refractivity contribution is -0.119. The third kappa shape index (κ3) is 4.34. The fourth-order valence-corrected chi connectivity index (χ4v) is 3.35. The molecule has 3 heterocycles. The summed E-state index contributed by atoms with van der Waals surface area (Å²) in [5.41, 5.74) is 3.04. The summed E-state index contributed by atoms with van der Waals surface area (Å²) in [6.07, 6.45) is 5.54. The van der Waals surface area contributed by atoms with Crippen molar-refractivity contribution in [3.8, 4) is 5.88 Å². The Morgan fingerprint density at radius 2 is 2.17 bits per heavy atom. The summed E-state index contributed by atoms with van der Waals surface area (Å²) in [4.78, 5) is 20.9. The molecule has 7 heteroatoms. The Hall–Kier alpha value is -3.09. The summed E-state index contributed by atoms with van der Waals surface area (Å²) in [6, 6.07) is 2.10. The monoisotopic (exact) mass is 396 g/mol. The highest BCUT2D eigenvalue weighted by Gasteiger charge is 2.29. The number of aromatic nitrogens is 3. The van der Waals surface area contributed by atoms with Gasteiger partial charge in [0.15, 0.2) is 0 Å². The summed E-state index contributed by atoms with van der Waals surface area (Å²) in [6.45, 7) is 14.5. The van der Waals surface area contributed by atoms with Crippen LogP contribution in [0.3, 0.4) is 0 Å². The predicted molar refractivity (Wildman–Crippen MR) is 113 cm³/mol. The number of ether oxygens (including phenoxy) is 2. The van der Waals surface area contributed by atoms with E-state index in [4.69, 9.17) is 14.5 Å². The van der Waals surface area contributed by atoms with Gasteiger partial charge in [-0.3, -0.25) is 4.79 Å². The van der Waals surface area contributed by atoms with Crippen molar-refractivity contribution in [1.29, 1.82) is 0 Å². The second-order valence-electron chi connectivity index (χ2n) is 7.49. The molecule has 29 heavy (non-hydrogen) atoms. The van der Waals surface area contributed by atoms with Crippen molar-refractivity contribution in [1.82, 2.24) is 19.9 Å². The van der Waals surface area contributed by atoms with E-state index < -0.39 is 0 Å². The molecule has 0 saturated carbocycles. The number of pyridine rings is 1. The van der Waals surface area contributed by atoms with E-state index in [0.29, 0.717) is 30.3 Å². The van der Waals surface area contributed by atoms with Crippen molar-refractivity contribution in [2.75, 3.05) is 13.7 Å². The molecule has 7 nitrogen and oxygen atoms in total. The first-order valence-electron chi connectivity index (χ1n) is 9.72. The van der Waals surface area contributed by atoms with Crippen molar-refractivity contribution in [2.45, 2.75) is 39.3 Å². The van der Waals surface area contributed by atoms with Gasteiger partial charge in [-0.05, 0) is 32.9 Å². The average Bonchev–Trinajstić information content (AvgIpc) is 3.32. The predicted octanol–water partition coefficient (Wildman–Crippen LogP) is 3.65. The summed E-state index contributed by atoms with van der Waals surface area (Å²) in [7, 11) is 1.56. The number of hydrogen-bond donors (Lipinski definition) is 1. The Labute approximate surface area is 171 Å². The van der Waals surface area contributed by atoms with E-state index in [1.807, 2.05) is 17.6 Å². The summed E-state index contributed by atoms with van der Waals surface area (Å²) >= 11 is 0. The second kappa shape index (κ2) is 8.51. The molecule has 0 aliphatic carbocycles. The maximum atomic E-state index is 11.6. The molecule has 2 aromatic rings. The van der Waals surface area contributed by atoms with E-state index in [2.05, 4.69) is 37.3 Å². The Bertz CT molecular complexity index is 974. The van der Waals surface area contributed by atoms with Gasteiger partial charge in [-0.15, -0.1) is 0 Å². The molecular weight excluding hydrogens is 368 g/mol. The Kier molecular flexibility index (Phi) is 6.06. The quantitative estimate of drug-likeness (QED) is 0.544. The molecule has 1 fully saturated rings. The Morgan fingerprint density at radius 3 is 2.76 bits per heavy atom. The number of hydrogen-bond acceptors (Lipinski definition) is 5. The van der Waals surface area contributed by atoms with Gasteiger partial charge < -0.3 is 19.4 Å². The van der Waals surface area contributed by atoms with Crippen LogP contribution in [0, 0.1) is 5.92 Å². The van der Waals surface area contributed by atoms with Crippen molar-refractivity contribution in [3.63, 3.8) is 0 Å². The average molecular weight is 396 g/mol. The van der Waals surface area contributed by atoms with Gasteiger partial charge in [0.1, 0.15) is 17.4 Å². The fraction of sp³-hybridized carbons (Fsp3) is 0.409. The zero-order valence-electron chi connectivity index (χ0n) is 17.4. The van der Waals surface area contributed by atoms with Gasteiger partial charge in [0.25, 0.3) is 0 Å². The largest absolute Gasteiger partial charge is 0.497 e. The summed E-state index contributed by atoms with van der Waals surface area (Å²) in [5.74, 6) is 1.15. The van der Waals surface area contributed by atoms with Gasteiger partial charge in [-0.25, -0.2) is 9.97 Å². The van der Waals surface area contributed by atoms with Crippen LogP contribution >= 0.6 is 0 Å². The van der Waals surface area contributed by atoms with Crippen molar-refractivity contribution in [3.05, 3.63) is 49.2 Å². The van der Waals surface area contributed by atoms with E-state index in [1.54, 1.807) is 25.6 Å². The maximum absolute atomic E-state index is 11.6. The van der Waals surface area contributed by atoms with Crippen LogP contribution < -0.4 is 10.1 Å². The Morgan fingerprint density at radius 1 is 1.41 bits per heavy atom. The number of rotatable bonds is 8. The molecule has 1 saturated heterocycles. The van der Waals surface area contributed by atoms with Gasteiger partial charge in [0, 0.05) is 30.5 Å². The van der Waals surface area contributed by atoms with Gasteiger partial charge in [0.2, 0.25) is 11.8 Å². The van der Waals surface area contributed by atoms with E-state index in [9.17, 15) is 4.79 Å². The minimum atomic E-state index is -0.180. The molecule has 1 aliphatic heterocycles. The number of fused-ring (bicyclic) bond motifs is 1. The molecular formula is C22H28N4O3. The van der Waals surface area contributed by atoms with E-state index >= 15 is 0 Å². The SMILES string of the molecule is C=CC(=CC(=C)OC)c1cc2ncn(C(C)C)c2c(OC(C)C2CNC(=O)C2)n1. The molecule has 0 radical (unpaired) electrons. The summed E-state index contributed by atoms with van der Waals surface area (Å²) in [5, 5.41) is 2.86. The van der Waals surface area contributed by atoms with Crippen LogP contribution in [0.15, 0.2) is 43.5 Å². The lowest BCUT2D eigenvalue weighted by Gasteiger charge is -2.21. The third-order valence-corrected chi connectivity index (χ3v) is 5.14. The smallest absolute Gasteiger partial charge is 0.241 e. The number of imidazole rings is 1. The van der Waals surface area contributed by atoms with E-state index in [0.717, 1.165) is 16.6 Å². The lowest BCUT2D eigenvalue weighted by Crippen LogP contribution is -2.26. The molecule has 0 bridgehead atoms. The number of nitrogens with zero attached hydrogens (tertiary/aromatic N) is 3. The first kappa shape index (κ1) is 20.6.